The van der Waals surface area contributed by atoms with E-state index in [4.69, 9.17) is 0 Å². The Labute approximate surface area is 165 Å². The van der Waals surface area contributed by atoms with Crippen LogP contribution >= 0.6 is 0 Å². The molecule has 0 saturated heterocycles. The summed E-state index contributed by atoms with van der Waals surface area (Å²) in [5.74, 6) is 3.53. The summed E-state index contributed by atoms with van der Waals surface area (Å²) in [6, 6.07) is 0. The molecule has 0 aromatic rings. The van der Waals surface area contributed by atoms with Crippen molar-refractivity contribution in [3.05, 3.63) is 0 Å². The van der Waals surface area contributed by atoms with Gasteiger partial charge in [0.2, 0.25) is 0 Å². The van der Waals surface area contributed by atoms with Crippen molar-refractivity contribution < 1.29 is 15.0 Å². The third-order valence-corrected chi connectivity index (χ3v) is 10.3. The monoisotopic (exact) mass is 376 g/mol. The molecule has 4 saturated carbocycles. The largest absolute Gasteiger partial charge is 0.396 e. The van der Waals surface area contributed by atoms with Crippen molar-refractivity contribution in [2.75, 3.05) is 6.61 Å². The minimum atomic E-state index is -0.253. The molecule has 3 nitrogen and oxygen atoms in total. The smallest absolute Gasteiger partial charge is 0.133 e. The fraction of sp³-hybridized carbons (Fsp3) is 0.958. The van der Waals surface area contributed by atoms with Crippen LogP contribution in [0, 0.1) is 52.3 Å². The molecule has 10 atom stereocenters. The highest BCUT2D eigenvalue weighted by Gasteiger charge is 2.64. The van der Waals surface area contributed by atoms with E-state index in [-0.39, 0.29) is 29.5 Å². The number of hydrogen-bond acceptors (Lipinski definition) is 3. The van der Waals surface area contributed by atoms with E-state index in [0.29, 0.717) is 47.7 Å². The molecule has 154 valence electrons. The van der Waals surface area contributed by atoms with E-state index in [0.717, 1.165) is 19.3 Å². The number of carbonyl (C=O) groups excluding carboxylic acids is 1. The zero-order valence-electron chi connectivity index (χ0n) is 17.8. The van der Waals surface area contributed by atoms with Crippen molar-refractivity contribution in [1.82, 2.24) is 0 Å². The van der Waals surface area contributed by atoms with E-state index in [9.17, 15) is 15.0 Å². The van der Waals surface area contributed by atoms with Crippen LogP contribution in [-0.4, -0.2) is 28.7 Å². The molecule has 4 aliphatic carbocycles. The van der Waals surface area contributed by atoms with Crippen molar-refractivity contribution in [2.24, 2.45) is 52.3 Å². The number of fused-ring (bicyclic) bond motifs is 5. The lowest BCUT2D eigenvalue weighted by atomic mass is 9.41. The Morgan fingerprint density at radius 1 is 1.07 bits per heavy atom. The van der Waals surface area contributed by atoms with Gasteiger partial charge in [-0.1, -0.05) is 34.1 Å². The highest BCUT2D eigenvalue weighted by molar-refractivity contribution is 5.79. The van der Waals surface area contributed by atoms with E-state index in [1.807, 2.05) is 0 Å². The maximum Gasteiger partial charge on any atom is 0.133 e. The van der Waals surface area contributed by atoms with Crippen LogP contribution in [0.3, 0.4) is 0 Å². The van der Waals surface area contributed by atoms with Gasteiger partial charge in [-0.3, -0.25) is 4.79 Å². The zero-order valence-corrected chi connectivity index (χ0v) is 17.8. The number of aliphatic hydroxyl groups is 2. The summed E-state index contributed by atoms with van der Waals surface area (Å²) >= 11 is 0. The second-order valence-electron chi connectivity index (χ2n) is 11.1. The minimum Gasteiger partial charge on any atom is -0.396 e. The maximum atomic E-state index is 12.3. The molecule has 0 bridgehead atoms. The van der Waals surface area contributed by atoms with Crippen LogP contribution in [0.25, 0.3) is 0 Å². The van der Waals surface area contributed by atoms with Crippen LogP contribution in [0.5, 0.6) is 0 Å². The second-order valence-corrected chi connectivity index (χ2v) is 11.1. The van der Waals surface area contributed by atoms with Crippen LogP contribution < -0.4 is 0 Å². The molecule has 4 fully saturated rings. The van der Waals surface area contributed by atoms with E-state index in [1.165, 1.54) is 25.7 Å². The third kappa shape index (κ3) is 2.70. The molecule has 0 aromatic carbocycles. The van der Waals surface area contributed by atoms with Crippen LogP contribution in [0.1, 0.15) is 79.1 Å². The van der Waals surface area contributed by atoms with Gasteiger partial charge in [0.05, 0.1) is 6.10 Å². The van der Waals surface area contributed by atoms with Crippen molar-refractivity contribution in [3.63, 3.8) is 0 Å². The molecule has 2 N–H and O–H groups in total. The molecule has 27 heavy (non-hydrogen) atoms. The zero-order chi connectivity index (χ0) is 19.6. The second kappa shape index (κ2) is 6.83. The van der Waals surface area contributed by atoms with Crippen molar-refractivity contribution >= 4 is 5.78 Å². The van der Waals surface area contributed by atoms with Crippen LogP contribution in [0.2, 0.25) is 0 Å². The number of aliphatic hydroxyl groups excluding tert-OH is 2. The summed E-state index contributed by atoms with van der Waals surface area (Å²) in [6.07, 6.45) is 8.04. The third-order valence-electron chi connectivity index (χ3n) is 10.3. The van der Waals surface area contributed by atoms with Gasteiger partial charge in [0.15, 0.2) is 0 Å². The first-order chi connectivity index (χ1) is 12.8. The van der Waals surface area contributed by atoms with Gasteiger partial charge in [0, 0.05) is 19.4 Å². The van der Waals surface area contributed by atoms with Crippen LogP contribution in [0.4, 0.5) is 0 Å². The molecule has 4 rings (SSSR count). The highest BCUT2D eigenvalue weighted by atomic mass is 16.3. The molecular formula is C24H40O3. The van der Waals surface area contributed by atoms with E-state index >= 15 is 0 Å². The summed E-state index contributed by atoms with van der Waals surface area (Å²) in [5, 5.41) is 21.4. The van der Waals surface area contributed by atoms with Gasteiger partial charge in [0.25, 0.3) is 0 Å². The first kappa shape index (κ1) is 19.9. The number of carbonyl (C=O) groups is 1. The summed E-state index contributed by atoms with van der Waals surface area (Å²) in [4.78, 5) is 12.3. The first-order valence-corrected chi connectivity index (χ1v) is 11.6. The Kier molecular flexibility index (Phi) is 5.03. The molecule has 3 heteroatoms. The molecule has 0 aromatic heterocycles. The molecule has 4 aliphatic rings. The highest BCUT2D eigenvalue weighted by Crippen LogP contribution is 2.69. The van der Waals surface area contributed by atoms with Gasteiger partial charge >= 0.3 is 0 Å². The predicted octanol–water partition coefficient (Wildman–Crippen LogP) is 4.45. The van der Waals surface area contributed by atoms with Crippen molar-refractivity contribution in [3.8, 4) is 0 Å². The Morgan fingerprint density at radius 2 is 1.78 bits per heavy atom. The summed E-state index contributed by atoms with van der Waals surface area (Å²) < 4.78 is 0. The number of rotatable bonds is 3. The number of hydrogen-bond donors (Lipinski definition) is 2. The molecule has 0 spiro atoms. The van der Waals surface area contributed by atoms with Gasteiger partial charge in [-0.15, -0.1) is 0 Å². The molecular weight excluding hydrogens is 336 g/mol. The number of Topliss-reactive ketones (excluding diaryl/α,β-unsaturated/α-hetero) is 1. The first-order valence-electron chi connectivity index (χ1n) is 11.6. The van der Waals surface area contributed by atoms with Crippen molar-refractivity contribution in [1.29, 1.82) is 0 Å². The van der Waals surface area contributed by atoms with E-state index in [2.05, 4.69) is 27.7 Å². The molecule has 4 unspecified atom stereocenters. The summed E-state index contributed by atoms with van der Waals surface area (Å²) in [7, 11) is 0. The number of ketones is 1. The Balaban J connectivity index is 1.70. The van der Waals surface area contributed by atoms with Gasteiger partial charge in [-0.2, -0.15) is 0 Å². The lowest BCUT2D eigenvalue weighted by Gasteiger charge is -2.64. The Bertz CT molecular complexity index is 588. The summed E-state index contributed by atoms with van der Waals surface area (Å²) in [5.41, 5.74) is 0.483. The van der Waals surface area contributed by atoms with Gasteiger partial charge in [0.1, 0.15) is 5.78 Å². The average molecular weight is 377 g/mol. The van der Waals surface area contributed by atoms with Crippen molar-refractivity contribution in [2.45, 2.75) is 85.2 Å². The Hall–Kier alpha value is -0.410. The fourth-order valence-corrected chi connectivity index (χ4v) is 8.87. The SMILES string of the molecule is CC[C@H]1C(O)C2C3CC[C@H]([C@H](C)CO)[C@@]3(C)CCC2[C@@]2(C)CCC(=O)C[C@@H]12. The lowest BCUT2D eigenvalue weighted by Crippen LogP contribution is -2.62. The molecule has 0 amide bonds. The maximum absolute atomic E-state index is 12.3. The standard InChI is InChI=1S/C24H40O3/c1-5-16-20-12-15(26)8-10-24(20,4)19-9-11-23(3)17(14(2)13-25)6-7-18(23)21(19)22(16)27/h14,16-22,25,27H,5-13H2,1-4H3/t14-,16-,17-,18?,19?,20+,21?,22?,23-,24-/m1/s1. The van der Waals surface area contributed by atoms with Crippen LogP contribution in [0.15, 0.2) is 0 Å². The molecule has 0 heterocycles. The average Bonchev–Trinajstić information content (AvgIpc) is 3.00. The van der Waals surface area contributed by atoms with Gasteiger partial charge < -0.3 is 10.2 Å². The van der Waals surface area contributed by atoms with E-state index in [1.54, 1.807) is 0 Å². The fourth-order valence-electron chi connectivity index (χ4n) is 8.87. The Morgan fingerprint density at radius 3 is 2.44 bits per heavy atom. The summed E-state index contributed by atoms with van der Waals surface area (Å²) in [6.45, 7) is 9.62. The van der Waals surface area contributed by atoms with Gasteiger partial charge in [-0.05, 0) is 84.4 Å². The van der Waals surface area contributed by atoms with Gasteiger partial charge in [-0.25, -0.2) is 0 Å². The van der Waals surface area contributed by atoms with E-state index < -0.39 is 0 Å². The molecule has 0 aliphatic heterocycles. The normalized spacial score (nSPS) is 53.4. The van der Waals surface area contributed by atoms with Crippen LogP contribution in [-0.2, 0) is 4.79 Å². The lowest BCUT2D eigenvalue weighted by molar-refractivity contribution is -0.195. The topological polar surface area (TPSA) is 57.5 Å². The molecule has 0 radical (unpaired) electrons. The predicted molar refractivity (Wildman–Crippen MR) is 107 cm³/mol. The quantitative estimate of drug-likeness (QED) is 0.765. The minimum absolute atomic E-state index is 0.223.